The van der Waals surface area contributed by atoms with Gasteiger partial charge >= 0.3 is 0 Å². The van der Waals surface area contributed by atoms with Crippen LogP contribution in [0.2, 0.25) is 0 Å². The molecule has 0 bridgehead atoms. The molecule has 0 aliphatic heterocycles. The molecule has 0 spiro atoms. The third-order valence-corrected chi connectivity index (χ3v) is 4.15. The fraction of sp³-hybridized carbons (Fsp3) is 0.773. The molecule has 0 aliphatic rings. The van der Waals surface area contributed by atoms with Crippen molar-refractivity contribution in [2.45, 2.75) is 110 Å². The molecule has 0 unspecified atom stereocenters. The predicted molar refractivity (Wildman–Crippen MR) is 102 cm³/mol. The Morgan fingerprint density at radius 3 is 1.73 bits per heavy atom. The zero-order valence-corrected chi connectivity index (χ0v) is 15.3. The Morgan fingerprint density at radius 2 is 1.18 bits per heavy atom. The van der Waals surface area contributed by atoms with Gasteiger partial charge in [0.05, 0.1) is 0 Å². The quantitative estimate of drug-likeness (QED) is 0.177. The smallest absolute Gasteiger partial charge is 0.0133 e. The molecule has 0 heteroatoms. The van der Waals surface area contributed by atoms with Gasteiger partial charge in [-0.25, -0.2) is 0 Å². The number of hydrogen-bond donors (Lipinski definition) is 0. The first-order chi connectivity index (χ1) is 10.9. The topological polar surface area (TPSA) is 0 Å². The number of allylic oxidation sites excluding steroid dienone is 3. The van der Waals surface area contributed by atoms with E-state index in [2.05, 4.69) is 32.1 Å². The van der Waals surface area contributed by atoms with Gasteiger partial charge in [-0.05, 0) is 44.9 Å². The molecule has 0 heterocycles. The molecule has 0 aromatic heterocycles. The Hall–Kier alpha value is -0.520. The van der Waals surface area contributed by atoms with Gasteiger partial charge in [-0.15, -0.1) is 6.58 Å². The Kier molecular flexibility index (Phi) is 20.0. The summed E-state index contributed by atoms with van der Waals surface area (Å²) >= 11 is 0. The standard InChI is InChI=1S/C22H40/c1-3-5-7-9-11-13-15-17-19-21-22-20-18-16-14-12-10-8-6-4-2/h3,18,20H,1,4-6,8-17,19,21-22H2,2H3/b20-18-. The minimum atomic E-state index is 0.949. The molecule has 0 N–H and O–H groups in total. The second-order valence-corrected chi connectivity index (χ2v) is 6.43. The van der Waals surface area contributed by atoms with Gasteiger partial charge in [-0.1, -0.05) is 89.4 Å². The molecule has 0 saturated carbocycles. The van der Waals surface area contributed by atoms with E-state index in [-0.39, 0.29) is 0 Å². The Morgan fingerprint density at radius 1 is 0.682 bits per heavy atom. The van der Waals surface area contributed by atoms with E-state index in [0.29, 0.717) is 0 Å². The van der Waals surface area contributed by atoms with Crippen LogP contribution < -0.4 is 0 Å². The molecule has 22 heavy (non-hydrogen) atoms. The molecular formula is C22H40. The molecule has 0 amide bonds. The van der Waals surface area contributed by atoms with Gasteiger partial charge in [-0.2, -0.15) is 0 Å². The van der Waals surface area contributed by atoms with E-state index >= 15 is 0 Å². The molecule has 0 saturated heterocycles. The molecule has 0 aromatic rings. The van der Waals surface area contributed by atoms with Crippen molar-refractivity contribution >= 4 is 0 Å². The lowest BCUT2D eigenvalue weighted by Gasteiger charge is -2.00. The van der Waals surface area contributed by atoms with Gasteiger partial charge in [0.25, 0.3) is 0 Å². The predicted octanol–water partition coefficient (Wildman–Crippen LogP) is 8.07. The zero-order chi connectivity index (χ0) is 16.1. The van der Waals surface area contributed by atoms with Gasteiger partial charge < -0.3 is 0 Å². The normalized spacial score (nSPS) is 11.3. The molecular weight excluding hydrogens is 264 g/mol. The first-order valence-electron chi connectivity index (χ1n) is 9.88. The lowest BCUT2D eigenvalue weighted by molar-refractivity contribution is 0.592. The largest absolute Gasteiger partial charge is 0.103 e. The van der Waals surface area contributed by atoms with Crippen molar-refractivity contribution < 1.29 is 0 Å². The van der Waals surface area contributed by atoms with Crippen LogP contribution in [0.15, 0.2) is 24.8 Å². The Bertz CT molecular complexity index is 226. The summed E-state index contributed by atoms with van der Waals surface area (Å²) in [4.78, 5) is 0. The zero-order valence-electron chi connectivity index (χ0n) is 15.3. The number of unbranched alkanes of at least 4 members (excludes halogenated alkanes) is 15. The van der Waals surface area contributed by atoms with Crippen LogP contribution in [-0.4, -0.2) is 0 Å². The second kappa shape index (κ2) is 20.5. The van der Waals surface area contributed by atoms with Crippen LogP contribution in [0.5, 0.6) is 0 Å². The summed E-state index contributed by atoms with van der Waals surface area (Å²) < 4.78 is 0. The fourth-order valence-corrected chi connectivity index (χ4v) is 2.70. The van der Waals surface area contributed by atoms with Gasteiger partial charge in [0, 0.05) is 0 Å². The van der Waals surface area contributed by atoms with Crippen molar-refractivity contribution in [3.63, 3.8) is 0 Å². The Balaban J connectivity index is 3.03. The maximum Gasteiger partial charge on any atom is -0.0133 e. The van der Waals surface area contributed by atoms with Gasteiger partial charge in [0.2, 0.25) is 0 Å². The summed E-state index contributed by atoms with van der Waals surface area (Å²) in [6, 6.07) is 0. The van der Waals surface area contributed by atoms with Gasteiger partial charge in [0.1, 0.15) is 0 Å². The average molecular weight is 305 g/mol. The number of hydrogen-bond acceptors (Lipinski definition) is 0. The third-order valence-electron chi connectivity index (χ3n) is 4.15. The first kappa shape index (κ1) is 21.5. The minimum Gasteiger partial charge on any atom is -0.103 e. The van der Waals surface area contributed by atoms with Crippen LogP contribution in [-0.2, 0) is 0 Å². The van der Waals surface area contributed by atoms with Crippen LogP contribution in [0.1, 0.15) is 110 Å². The number of rotatable bonds is 18. The summed E-state index contributed by atoms with van der Waals surface area (Å²) in [5.74, 6) is 0. The lowest BCUT2D eigenvalue weighted by atomic mass is 10.1. The van der Waals surface area contributed by atoms with E-state index < -0.39 is 0 Å². The maximum absolute atomic E-state index is 3.71. The summed E-state index contributed by atoms with van der Waals surface area (Å²) in [7, 11) is 0. The highest BCUT2D eigenvalue weighted by atomic mass is 14.0. The van der Waals surface area contributed by atoms with Crippen molar-refractivity contribution in [2.24, 2.45) is 0 Å². The SMILES string of the molecule is C=CC[C]CCCCCCCC/C=C\CCCCCCCC. The maximum atomic E-state index is 3.71. The van der Waals surface area contributed by atoms with Crippen molar-refractivity contribution in [1.82, 2.24) is 0 Å². The van der Waals surface area contributed by atoms with Crippen molar-refractivity contribution in [1.29, 1.82) is 0 Å². The van der Waals surface area contributed by atoms with Crippen LogP contribution in [0.4, 0.5) is 0 Å². The van der Waals surface area contributed by atoms with Gasteiger partial charge in [0.15, 0.2) is 0 Å². The van der Waals surface area contributed by atoms with E-state index in [1.165, 1.54) is 89.9 Å². The molecule has 0 atom stereocenters. The lowest BCUT2D eigenvalue weighted by Crippen LogP contribution is -1.81. The summed E-state index contributed by atoms with van der Waals surface area (Å²) in [6.07, 6.45) is 31.5. The highest BCUT2D eigenvalue weighted by molar-refractivity contribution is 4.81. The second-order valence-electron chi connectivity index (χ2n) is 6.43. The highest BCUT2D eigenvalue weighted by Crippen LogP contribution is 2.11. The summed E-state index contributed by atoms with van der Waals surface area (Å²) in [5.41, 5.74) is 0. The van der Waals surface area contributed by atoms with E-state index in [0.717, 1.165) is 12.8 Å². The summed E-state index contributed by atoms with van der Waals surface area (Å²) in [6.45, 7) is 5.99. The monoisotopic (exact) mass is 304 g/mol. The van der Waals surface area contributed by atoms with E-state index in [1.807, 2.05) is 6.08 Å². The van der Waals surface area contributed by atoms with Crippen LogP contribution in [0.3, 0.4) is 0 Å². The highest BCUT2D eigenvalue weighted by Gasteiger charge is 1.92. The molecule has 0 fully saturated rings. The van der Waals surface area contributed by atoms with Crippen LogP contribution in [0, 0.1) is 6.42 Å². The molecule has 0 rings (SSSR count). The van der Waals surface area contributed by atoms with Crippen molar-refractivity contribution in [3.8, 4) is 0 Å². The van der Waals surface area contributed by atoms with E-state index in [4.69, 9.17) is 0 Å². The molecule has 0 aromatic carbocycles. The first-order valence-corrected chi connectivity index (χ1v) is 9.88. The average Bonchev–Trinajstić information content (AvgIpc) is 2.54. The Labute approximate surface area is 141 Å². The van der Waals surface area contributed by atoms with Crippen molar-refractivity contribution in [2.75, 3.05) is 0 Å². The van der Waals surface area contributed by atoms with Crippen LogP contribution in [0.25, 0.3) is 0 Å². The molecule has 0 nitrogen and oxygen atoms in total. The van der Waals surface area contributed by atoms with Crippen molar-refractivity contribution in [3.05, 3.63) is 31.2 Å². The third kappa shape index (κ3) is 19.5. The van der Waals surface area contributed by atoms with Crippen LogP contribution >= 0.6 is 0 Å². The molecule has 0 aliphatic carbocycles. The molecule has 128 valence electrons. The van der Waals surface area contributed by atoms with E-state index in [9.17, 15) is 0 Å². The minimum absolute atomic E-state index is 0.949. The van der Waals surface area contributed by atoms with Gasteiger partial charge in [-0.3, -0.25) is 0 Å². The van der Waals surface area contributed by atoms with E-state index in [1.54, 1.807) is 0 Å². The fourth-order valence-electron chi connectivity index (χ4n) is 2.70. The summed E-state index contributed by atoms with van der Waals surface area (Å²) in [5, 5.41) is 0. The molecule has 2 radical (unpaired) electrons.